The van der Waals surface area contributed by atoms with Gasteiger partial charge in [-0.3, -0.25) is 4.79 Å². The van der Waals surface area contributed by atoms with Crippen LogP contribution < -0.4 is 4.74 Å². The molecule has 0 bridgehead atoms. The van der Waals surface area contributed by atoms with E-state index in [9.17, 15) is 4.79 Å². The molecule has 2 aromatic rings. The Morgan fingerprint density at radius 3 is 2.92 bits per heavy atom. The maximum Gasteiger partial charge on any atom is 0.254 e. The predicted octanol–water partition coefficient (Wildman–Crippen LogP) is 4.00. The molecular formula is C22H25NO3. The third-order valence-electron chi connectivity index (χ3n) is 5.43. The van der Waals surface area contributed by atoms with Crippen LogP contribution in [-0.4, -0.2) is 37.2 Å². The van der Waals surface area contributed by atoms with Crippen LogP contribution in [0.3, 0.4) is 0 Å². The minimum atomic E-state index is 0.0364. The molecule has 1 aliphatic carbocycles. The third kappa shape index (κ3) is 3.47. The molecule has 1 aliphatic heterocycles. The minimum Gasteiger partial charge on any atom is -0.491 e. The highest BCUT2D eigenvalue weighted by atomic mass is 16.5. The standard InChI is InChI=1S/C22H25NO3/c1-23(21-12-11-16-6-2-3-10-20(16)21)22(24)17-7-4-8-18(14-17)26-15-19-9-5-13-25-19/h2-4,6-8,10,14,19,21H,5,9,11-13,15H2,1H3. The quantitative estimate of drug-likeness (QED) is 0.817. The summed E-state index contributed by atoms with van der Waals surface area (Å²) in [6, 6.07) is 16.0. The van der Waals surface area contributed by atoms with Gasteiger partial charge in [0.05, 0.1) is 12.1 Å². The van der Waals surface area contributed by atoms with Gasteiger partial charge in [0.25, 0.3) is 5.91 Å². The molecule has 2 aliphatic rings. The van der Waals surface area contributed by atoms with Gasteiger partial charge < -0.3 is 14.4 Å². The van der Waals surface area contributed by atoms with Crippen molar-refractivity contribution in [3.63, 3.8) is 0 Å². The van der Waals surface area contributed by atoms with Gasteiger partial charge in [0.15, 0.2) is 0 Å². The molecular weight excluding hydrogens is 326 g/mol. The van der Waals surface area contributed by atoms with Gasteiger partial charge in [0, 0.05) is 19.2 Å². The van der Waals surface area contributed by atoms with Gasteiger partial charge >= 0.3 is 0 Å². The summed E-state index contributed by atoms with van der Waals surface area (Å²) in [4.78, 5) is 14.9. The largest absolute Gasteiger partial charge is 0.491 e. The van der Waals surface area contributed by atoms with Gasteiger partial charge in [-0.1, -0.05) is 30.3 Å². The summed E-state index contributed by atoms with van der Waals surface area (Å²) in [6.45, 7) is 1.36. The number of rotatable bonds is 5. The van der Waals surface area contributed by atoms with Gasteiger partial charge in [0.2, 0.25) is 0 Å². The number of carbonyl (C=O) groups is 1. The van der Waals surface area contributed by atoms with Gasteiger partial charge in [-0.05, 0) is 55.0 Å². The van der Waals surface area contributed by atoms with E-state index >= 15 is 0 Å². The molecule has 136 valence electrons. The predicted molar refractivity (Wildman–Crippen MR) is 101 cm³/mol. The Bertz CT molecular complexity index is 782. The van der Waals surface area contributed by atoms with E-state index in [1.54, 1.807) is 0 Å². The van der Waals surface area contributed by atoms with Gasteiger partial charge in [-0.2, -0.15) is 0 Å². The maximum absolute atomic E-state index is 13.0. The fraction of sp³-hybridized carbons (Fsp3) is 0.409. The van der Waals surface area contributed by atoms with Gasteiger partial charge in [-0.25, -0.2) is 0 Å². The Hall–Kier alpha value is -2.33. The molecule has 4 nitrogen and oxygen atoms in total. The average Bonchev–Trinajstić information content (AvgIpc) is 3.35. The molecule has 2 aromatic carbocycles. The first-order valence-electron chi connectivity index (χ1n) is 9.42. The molecule has 1 saturated heterocycles. The Morgan fingerprint density at radius 1 is 1.19 bits per heavy atom. The maximum atomic E-state index is 13.0. The summed E-state index contributed by atoms with van der Waals surface area (Å²) >= 11 is 0. The lowest BCUT2D eigenvalue weighted by Gasteiger charge is -2.25. The molecule has 1 heterocycles. The van der Waals surface area contributed by atoms with Crippen LogP contribution >= 0.6 is 0 Å². The Labute approximate surface area is 154 Å². The molecule has 2 atom stereocenters. The topological polar surface area (TPSA) is 38.8 Å². The summed E-state index contributed by atoms with van der Waals surface area (Å²) in [5.41, 5.74) is 3.29. The number of amides is 1. The molecule has 26 heavy (non-hydrogen) atoms. The number of carbonyl (C=O) groups excluding carboxylic acids is 1. The zero-order chi connectivity index (χ0) is 17.9. The van der Waals surface area contributed by atoms with E-state index in [2.05, 4.69) is 24.3 Å². The van der Waals surface area contributed by atoms with Crippen molar-refractivity contribution in [1.82, 2.24) is 4.90 Å². The summed E-state index contributed by atoms with van der Waals surface area (Å²) in [5.74, 6) is 0.765. The van der Waals surface area contributed by atoms with E-state index in [1.165, 1.54) is 11.1 Å². The van der Waals surface area contributed by atoms with Crippen molar-refractivity contribution in [3.8, 4) is 5.75 Å². The molecule has 0 N–H and O–H groups in total. The lowest BCUT2D eigenvalue weighted by Crippen LogP contribution is -2.30. The van der Waals surface area contributed by atoms with Crippen LogP contribution in [0.1, 0.15) is 46.8 Å². The van der Waals surface area contributed by atoms with Crippen molar-refractivity contribution < 1.29 is 14.3 Å². The normalized spacial score (nSPS) is 21.4. The molecule has 1 fully saturated rings. The summed E-state index contributed by atoms with van der Waals surface area (Å²) < 4.78 is 11.4. The second kappa shape index (κ2) is 7.50. The molecule has 4 heteroatoms. The fourth-order valence-electron chi connectivity index (χ4n) is 3.97. The summed E-state index contributed by atoms with van der Waals surface area (Å²) in [7, 11) is 1.90. The first kappa shape index (κ1) is 17.1. The van der Waals surface area contributed by atoms with Crippen molar-refractivity contribution in [3.05, 3.63) is 65.2 Å². The highest BCUT2D eigenvalue weighted by molar-refractivity contribution is 5.94. The van der Waals surface area contributed by atoms with Crippen molar-refractivity contribution in [2.24, 2.45) is 0 Å². The molecule has 4 rings (SSSR count). The molecule has 0 spiro atoms. The molecule has 1 amide bonds. The van der Waals surface area contributed by atoms with Gasteiger partial charge in [-0.15, -0.1) is 0 Å². The van der Waals surface area contributed by atoms with Crippen LogP contribution in [0.5, 0.6) is 5.75 Å². The van der Waals surface area contributed by atoms with Crippen LogP contribution in [0.2, 0.25) is 0 Å². The number of aryl methyl sites for hydroxylation is 1. The number of hydrogen-bond acceptors (Lipinski definition) is 3. The van der Waals surface area contributed by atoms with Crippen LogP contribution in [0.25, 0.3) is 0 Å². The third-order valence-corrected chi connectivity index (χ3v) is 5.43. The first-order valence-corrected chi connectivity index (χ1v) is 9.42. The van der Waals surface area contributed by atoms with Crippen molar-refractivity contribution in [2.45, 2.75) is 37.8 Å². The molecule has 0 saturated carbocycles. The second-order valence-corrected chi connectivity index (χ2v) is 7.14. The van der Waals surface area contributed by atoms with E-state index in [0.717, 1.165) is 38.0 Å². The number of fused-ring (bicyclic) bond motifs is 1. The van der Waals surface area contributed by atoms with Crippen molar-refractivity contribution >= 4 is 5.91 Å². The van der Waals surface area contributed by atoms with E-state index in [0.29, 0.717) is 12.2 Å². The SMILES string of the molecule is CN(C(=O)c1cccc(OCC2CCCO2)c1)C1CCc2ccccc21. The Kier molecular flexibility index (Phi) is 4.93. The van der Waals surface area contributed by atoms with Crippen molar-refractivity contribution in [2.75, 3.05) is 20.3 Å². The number of hydrogen-bond donors (Lipinski definition) is 0. The first-order chi connectivity index (χ1) is 12.7. The van der Waals surface area contributed by atoms with Crippen LogP contribution in [0.4, 0.5) is 0 Å². The lowest BCUT2D eigenvalue weighted by molar-refractivity contribution is 0.0676. The van der Waals surface area contributed by atoms with Crippen LogP contribution in [0, 0.1) is 0 Å². The van der Waals surface area contributed by atoms with E-state index in [1.807, 2.05) is 36.2 Å². The lowest BCUT2D eigenvalue weighted by atomic mass is 10.1. The van der Waals surface area contributed by atoms with E-state index in [-0.39, 0.29) is 18.1 Å². The highest BCUT2D eigenvalue weighted by Crippen LogP contribution is 2.35. The summed E-state index contributed by atoms with van der Waals surface area (Å²) in [6.07, 6.45) is 4.33. The zero-order valence-electron chi connectivity index (χ0n) is 15.2. The molecule has 2 unspecified atom stereocenters. The van der Waals surface area contributed by atoms with Crippen LogP contribution in [0.15, 0.2) is 48.5 Å². The second-order valence-electron chi connectivity index (χ2n) is 7.14. The smallest absolute Gasteiger partial charge is 0.254 e. The highest BCUT2D eigenvalue weighted by Gasteiger charge is 2.29. The number of benzene rings is 2. The average molecular weight is 351 g/mol. The Morgan fingerprint density at radius 2 is 2.08 bits per heavy atom. The Balaban J connectivity index is 1.45. The van der Waals surface area contributed by atoms with E-state index in [4.69, 9.17) is 9.47 Å². The molecule has 0 radical (unpaired) electrons. The summed E-state index contributed by atoms with van der Waals surface area (Å²) in [5, 5.41) is 0. The van der Waals surface area contributed by atoms with Gasteiger partial charge in [0.1, 0.15) is 12.4 Å². The molecule has 0 aromatic heterocycles. The zero-order valence-corrected chi connectivity index (χ0v) is 15.2. The number of nitrogens with zero attached hydrogens (tertiary/aromatic N) is 1. The van der Waals surface area contributed by atoms with E-state index < -0.39 is 0 Å². The van der Waals surface area contributed by atoms with Crippen LogP contribution in [-0.2, 0) is 11.2 Å². The fourth-order valence-corrected chi connectivity index (χ4v) is 3.97. The van der Waals surface area contributed by atoms with Crippen molar-refractivity contribution in [1.29, 1.82) is 0 Å². The minimum absolute atomic E-state index is 0.0364. The number of ether oxygens (including phenoxy) is 2. The monoisotopic (exact) mass is 351 g/mol.